The van der Waals surface area contributed by atoms with E-state index < -0.39 is 5.51 Å². The lowest BCUT2D eigenvalue weighted by molar-refractivity contribution is -0.0328. The highest BCUT2D eigenvalue weighted by Crippen LogP contribution is 2.41. The number of methoxy groups -OCH3 is 1. The second-order valence-corrected chi connectivity index (χ2v) is 6.13. The van der Waals surface area contributed by atoms with E-state index in [1.54, 1.807) is 10.9 Å². The molecule has 0 atom stereocenters. The summed E-state index contributed by atoms with van der Waals surface area (Å²) in [4.78, 5) is 16.4. The average Bonchev–Trinajstić information content (AvgIpc) is 2.95. The Morgan fingerprint density at radius 1 is 1.35 bits per heavy atom. The molecule has 0 fully saturated rings. The Hall–Kier alpha value is -1.96. The van der Waals surface area contributed by atoms with Crippen molar-refractivity contribution in [2.45, 2.75) is 30.3 Å². The zero-order chi connectivity index (χ0) is 17.2. The molecule has 124 valence electrons. The monoisotopic (exact) mass is 344 g/mol. The van der Waals surface area contributed by atoms with Gasteiger partial charge in [-0.3, -0.25) is 4.79 Å². The first kappa shape index (κ1) is 17.4. The number of carbonyl (C=O) groups excluding carboxylic acids is 1. The maximum absolute atomic E-state index is 12.6. The molecule has 0 aliphatic rings. The van der Waals surface area contributed by atoms with Crippen LogP contribution < -0.4 is 4.74 Å². The molecule has 4 nitrogen and oxygen atoms in total. The van der Waals surface area contributed by atoms with Crippen molar-refractivity contribution in [3.05, 3.63) is 42.0 Å². The van der Waals surface area contributed by atoms with E-state index in [0.29, 0.717) is 5.69 Å². The van der Waals surface area contributed by atoms with Crippen LogP contribution in [0.25, 0.3) is 0 Å². The molecule has 0 aliphatic heterocycles. The second-order valence-electron chi connectivity index (χ2n) is 5.02. The van der Waals surface area contributed by atoms with E-state index in [1.165, 1.54) is 31.5 Å². The minimum absolute atomic E-state index is 0.00814. The van der Waals surface area contributed by atoms with Crippen LogP contribution in [0.1, 0.15) is 35.9 Å². The summed E-state index contributed by atoms with van der Waals surface area (Å²) >= 11 is -0.276. The van der Waals surface area contributed by atoms with Crippen molar-refractivity contribution in [2.75, 3.05) is 7.11 Å². The smallest absolute Gasteiger partial charge is 0.446 e. The molecule has 2 aromatic rings. The molecule has 0 amide bonds. The number of ether oxygens (including phenoxy) is 1. The molecule has 1 aromatic heterocycles. The Morgan fingerprint density at radius 2 is 2.04 bits per heavy atom. The van der Waals surface area contributed by atoms with Gasteiger partial charge in [0.2, 0.25) is 5.78 Å². The third-order valence-corrected chi connectivity index (χ3v) is 3.90. The lowest BCUT2D eigenvalue weighted by atomic mass is 10.1. The maximum Gasteiger partial charge on any atom is 0.446 e. The number of alkyl halides is 3. The number of carbonyl (C=O) groups is 1. The van der Waals surface area contributed by atoms with E-state index in [9.17, 15) is 18.0 Å². The van der Waals surface area contributed by atoms with Gasteiger partial charge in [0.15, 0.2) is 0 Å². The highest BCUT2D eigenvalue weighted by Gasteiger charge is 2.31. The van der Waals surface area contributed by atoms with E-state index in [2.05, 4.69) is 4.98 Å². The van der Waals surface area contributed by atoms with Crippen LogP contribution in [0.3, 0.4) is 0 Å². The van der Waals surface area contributed by atoms with Gasteiger partial charge in [-0.1, -0.05) is 0 Å². The molecule has 8 heteroatoms. The third kappa shape index (κ3) is 4.07. The Labute approximate surface area is 135 Å². The van der Waals surface area contributed by atoms with Gasteiger partial charge in [-0.15, -0.1) is 0 Å². The second kappa shape index (κ2) is 6.66. The van der Waals surface area contributed by atoms with Crippen LogP contribution in [0.2, 0.25) is 0 Å². The quantitative estimate of drug-likeness (QED) is 0.599. The SMILES string of the molecule is COc1cc(C(=O)c2cncn2C(C)C)ccc1SC(F)(F)F. The van der Waals surface area contributed by atoms with Gasteiger partial charge in [-0.2, -0.15) is 13.2 Å². The average molecular weight is 344 g/mol. The van der Waals surface area contributed by atoms with Gasteiger partial charge >= 0.3 is 5.51 Å². The summed E-state index contributed by atoms with van der Waals surface area (Å²) in [6, 6.07) is 3.95. The predicted molar refractivity (Wildman–Crippen MR) is 81.0 cm³/mol. The van der Waals surface area contributed by atoms with Crippen molar-refractivity contribution < 1.29 is 22.7 Å². The van der Waals surface area contributed by atoms with E-state index in [-0.39, 0.29) is 39.8 Å². The molecular formula is C15H15F3N2O2S. The molecule has 2 rings (SSSR count). The van der Waals surface area contributed by atoms with Crippen LogP contribution in [-0.4, -0.2) is 28.0 Å². The van der Waals surface area contributed by atoms with Crippen LogP contribution in [0.5, 0.6) is 5.75 Å². The van der Waals surface area contributed by atoms with E-state index in [4.69, 9.17) is 4.74 Å². The molecular weight excluding hydrogens is 329 g/mol. The first-order chi connectivity index (χ1) is 10.7. The number of benzene rings is 1. The van der Waals surface area contributed by atoms with E-state index in [0.717, 1.165) is 0 Å². The predicted octanol–water partition coefficient (Wildman–Crippen LogP) is 4.32. The number of rotatable bonds is 5. The zero-order valence-electron chi connectivity index (χ0n) is 12.7. The highest BCUT2D eigenvalue weighted by molar-refractivity contribution is 8.00. The standard InChI is InChI=1S/C15H15F3N2O2S/c1-9(2)20-8-19-7-11(20)14(21)10-4-5-13(12(6-10)22-3)23-15(16,17)18/h4-9H,1-3H3. The molecule has 1 aromatic carbocycles. The van der Waals surface area contributed by atoms with Gasteiger partial charge in [0.05, 0.1) is 24.5 Å². The van der Waals surface area contributed by atoms with Gasteiger partial charge in [0, 0.05) is 11.6 Å². The number of ketones is 1. The fourth-order valence-corrected chi connectivity index (χ4v) is 2.69. The highest BCUT2D eigenvalue weighted by atomic mass is 32.2. The molecule has 1 heterocycles. The molecule has 23 heavy (non-hydrogen) atoms. The number of hydrogen-bond acceptors (Lipinski definition) is 4. The number of imidazole rings is 1. The van der Waals surface area contributed by atoms with Gasteiger partial charge in [0.25, 0.3) is 0 Å². The molecule has 0 spiro atoms. The first-order valence-corrected chi connectivity index (χ1v) is 7.55. The Balaban J connectivity index is 2.37. The summed E-state index contributed by atoms with van der Waals surface area (Å²) in [6.45, 7) is 3.81. The van der Waals surface area contributed by atoms with Gasteiger partial charge in [-0.05, 0) is 43.8 Å². The molecule has 0 bridgehead atoms. The number of nitrogens with zero attached hydrogens (tertiary/aromatic N) is 2. The topological polar surface area (TPSA) is 44.1 Å². The largest absolute Gasteiger partial charge is 0.496 e. The van der Waals surface area contributed by atoms with Crippen LogP contribution >= 0.6 is 11.8 Å². The minimum atomic E-state index is -4.42. The summed E-state index contributed by atoms with van der Waals surface area (Å²) < 4.78 is 44.2. The van der Waals surface area contributed by atoms with Gasteiger partial charge < -0.3 is 9.30 Å². The third-order valence-electron chi connectivity index (χ3n) is 3.11. The van der Waals surface area contributed by atoms with Crippen LogP contribution in [0, 0.1) is 0 Å². The maximum atomic E-state index is 12.6. The van der Waals surface area contributed by atoms with E-state index in [1.807, 2.05) is 13.8 Å². The molecule has 0 saturated carbocycles. The Bertz CT molecular complexity index is 711. The molecule has 0 aliphatic carbocycles. The molecule has 0 N–H and O–H groups in total. The van der Waals surface area contributed by atoms with Crippen LogP contribution in [-0.2, 0) is 0 Å². The summed E-state index contributed by atoms with van der Waals surface area (Å²) in [5.74, 6) is -0.313. The lowest BCUT2D eigenvalue weighted by Gasteiger charge is -2.13. The minimum Gasteiger partial charge on any atom is -0.496 e. The summed E-state index contributed by atoms with van der Waals surface area (Å²) in [7, 11) is 1.27. The molecule has 0 unspecified atom stereocenters. The number of hydrogen-bond donors (Lipinski definition) is 0. The first-order valence-electron chi connectivity index (χ1n) is 6.73. The molecule has 0 saturated heterocycles. The van der Waals surface area contributed by atoms with Crippen molar-refractivity contribution in [1.29, 1.82) is 0 Å². The fraction of sp³-hybridized carbons (Fsp3) is 0.333. The van der Waals surface area contributed by atoms with Crippen molar-refractivity contribution in [3.63, 3.8) is 0 Å². The number of aromatic nitrogens is 2. The normalized spacial score (nSPS) is 11.8. The van der Waals surface area contributed by atoms with Crippen molar-refractivity contribution in [1.82, 2.24) is 9.55 Å². The summed E-state index contributed by atoms with van der Waals surface area (Å²) in [5.41, 5.74) is -3.80. The lowest BCUT2D eigenvalue weighted by Crippen LogP contribution is -2.11. The van der Waals surface area contributed by atoms with Gasteiger partial charge in [0.1, 0.15) is 11.4 Å². The van der Waals surface area contributed by atoms with Crippen LogP contribution in [0.15, 0.2) is 35.6 Å². The number of thioether (sulfide) groups is 1. The van der Waals surface area contributed by atoms with Crippen molar-refractivity contribution >= 4 is 17.5 Å². The zero-order valence-corrected chi connectivity index (χ0v) is 13.5. The van der Waals surface area contributed by atoms with Crippen LogP contribution in [0.4, 0.5) is 13.2 Å². The van der Waals surface area contributed by atoms with Crippen molar-refractivity contribution in [2.24, 2.45) is 0 Å². The summed E-state index contributed by atoms with van der Waals surface area (Å²) in [6.07, 6.45) is 2.98. The van der Waals surface area contributed by atoms with Crippen molar-refractivity contribution in [3.8, 4) is 5.75 Å². The van der Waals surface area contributed by atoms with E-state index >= 15 is 0 Å². The summed E-state index contributed by atoms with van der Waals surface area (Å²) in [5, 5.41) is 0. The Morgan fingerprint density at radius 3 is 2.61 bits per heavy atom. The molecule has 0 radical (unpaired) electrons. The fourth-order valence-electron chi connectivity index (χ4n) is 2.06. The Kier molecular flexibility index (Phi) is 5.03. The van der Waals surface area contributed by atoms with Gasteiger partial charge in [-0.25, -0.2) is 4.98 Å². The number of halogens is 3.